The molecule has 4 rings (SSSR count). The molecule has 0 spiro atoms. The fourth-order valence-corrected chi connectivity index (χ4v) is 4.77. The molecule has 174 valence electrons. The zero-order valence-electron chi connectivity index (χ0n) is 17.8. The smallest absolute Gasteiger partial charge is 0.199 e. The first-order valence-corrected chi connectivity index (χ1v) is 11.9. The average Bonchev–Trinajstić information content (AvgIpc) is 2.81. The number of nitrogens with one attached hydrogen (secondary N) is 1. The predicted octanol–water partition coefficient (Wildman–Crippen LogP) is 4.69. The molecule has 1 atom stereocenters. The summed E-state index contributed by atoms with van der Waals surface area (Å²) in [7, 11) is 0. The van der Waals surface area contributed by atoms with Gasteiger partial charge in [-0.2, -0.15) is 4.73 Å². The van der Waals surface area contributed by atoms with Crippen molar-refractivity contribution in [3.05, 3.63) is 78.5 Å². The van der Waals surface area contributed by atoms with E-state index >= 15 is 0 Å². The molecule has 6 nitrogen and oxygen atoms in total. The summed E-state index contributed by atoms with van der Waals surface area (Å²) in [4.78, 5) is 18.2. The summed E-state index contributed by atoms with van der Waals surface area (Å²) in [5.41, 5.74) is 2.81. The van der Waals surface area contributed by atoms with Crippen LogP contribution in [0.15, 0.2) is 46.2 Å². The van der Waals surface area contributed by atoms with Gasteiger partial charge in [0.25, 0.3) is 0 Å². The van der Waals surface area contributed by atoms with Crippen LogP contribution in [0.2, 0.25) is 15.1 Å². The Morgan fingerprint density at radius 2 is 1.88 bits per heavy atom. The molecule has 0 saturated heterocycles. The number of halogens is 3. The van der Waals surface area contributed by atoms with Crippen LogP contribution in [0.25, 0.3) is 10.9 Å². The molecule has 0 radical (unpaired) electrons. The third-order valence-corrected chi connectivity index (χ3v) is 6.86. The van der Waals surface area contributed by atoms with Crippen molar-refractivity contribution in [2.75, 3.05) is 26.2 Å². The van der Waals surface area contributed by atoms with Crippen molar-refractivity contribution in [1.29, 1.82) is 0 Å². The summed E-state index contributed by atoms with van der Waals surface area (Å²) in [6.45, 7) is 1.83. The second-order valence-electron chi connectivity index (χ2n) is 8.06. The number of nitrogens with zero attached hydrogens (tertiary/aromatic N) is 2. The highest BCUT2D eigenvalue weighted by Gasteiger charge is 2.31. The lowest BCUT2D eigenvalue weighted by Crippen LogP contribution is -2.31. The Morgan fingerprint density at radius 3 is 2.64 bits per heavy atom. The second kappa shape index (κ2) is 10.5. The van der Waals surface area contributed by atoms with Crippen LogP contribution < -0.4 is 10.7 Å². The Hall–Kier alpha value is -2.09. The second-order valence-corrected chi connectivity index (χ2v) is 9.31. The third kappa shape index (κ3) is 5.05. The van der Waals surface area contributed by atoms with E-state index in [2.05, 4.69) is 5.32 Å². The molecule has 0 fully saturated rings. The number of aliphatic hydroxyl groups excluding tert-OH is 1. The van der Waals surface area contributed by atoms with Crippen LogP contribution >= 0.6 is 34.8 Å². The number of hydrogen-bond donors (Lipinski definition) is 3. The summed E-state index contributed by atoms with van der Waals surface area (Å²) < 4.78 is 1.09. The van der Waals surface area contributed by atoms with Crippen LogP contribution in [0, 0.1) is 0 Å². The molecule has 3 aromatic rings. The summed E-state index contributed by atoms with van der Waals surface area (Å²) in [5.74, 6) is -0.0268. The molecule has 33 heavy (non-hydrogen) atoms. The van der Waals surface area contributed by atoms with Crippen molar-refractivity contribution in [1.82, 2.24) is 10.0 Å². The third-order valence-electron chi connectivity index (χ3n) is 5.89. The average molecular weight is 509 g/mol. The maximum absolute atomic E-state index is 13.5. The highest BCUT2D eigenvalue weighted by atomic mass is 35.5. The topological polar surface area (TPSA) is 86.9 Å². The zero-order chi connectivity index (χ0) is 23.5. The van der Waals surface area contributed by atoms with E-state index in [1.54, 1.807) is 24.3 Å². The van der Waals surface area contributed by atoms with Gasteiger partial charge in [-0.3, -0.25) is 9.79 Å². The molecule has 1 aliphatic carbocycles. The van der Waals surface area contributed by atoms with Gasteiger partial charge in [0.15, 0.2) is 5.43 Å². The molecular weight excluding hydrogens is 485 g/mol. The Kier molecular flexibility index (Phi) is 7.62. The first-order chi connectivity index (χ1) is 15.9. The minimum Gasteiger partial charge on any atom is -0.428 e. The van der Waals surface area contributed by atoms with E-state index in [1.807, 2.05) is 12.1 Å². The van der Waals surface area contributed by atoms with Crippen LogP contribution in [0.5, 0.6) is 0 Å². The van der Waals surface area contributed by atoms with Gasteiger partial charge in [0.05, 0.1) is 38.8 Å². The van der Waals surface area contributed by atoms with E-state index in [0.717, 1.165) is 16.7 Å². The van der Waals surface area contributed by atoms with Gasteiger partial charge in [-0.25, -0.2) is 0 Å². The summed E-state index contributed by atoms with van der Waals surface area (Å²) in [6, 6.07) is 10.4. The lowest BCUT2D eigenvalue weighted by Gasteiger charge is -2.28. The molecule has 0 amide bonds. The van der Waals surface area contributed by atoms with Gasteiger partial charge in [-0.15, -0.1) is 0 Å². The molecular formula is C24H24Cl3N3O3. The van der Waals surface area contributed by atoms with Gasteiger partial charge in [0, 0.05) is 23.8 Å². The molecule has 1 unspecified atom stereocenters. The highest BCUT2D eigenvalue weighted by Crippen LogP contribution is 2.36. The number of benzene rings is 2. The maximum atomic E-state index is 13.5. The lowest BCUT2D eigenvalue weighted by atomic mass is 9.80. The van der Waals surface area contributed by atoms with Crippen molar-refractivity contribution >= 4 is 51.4 Å². The first-order valence-electron chi connectivity index (χ1n) is 10.8. The molecule has 2 aromatic carbocycles. The van der Waals surface area contributed by atoms with Crippen molar-refractivity contribution in [3.8, 4) is 0 Å². The molecule has 1 aliphatic rings. The minimum atomic E-state index is -0.183. The largest absolute Gasteiger partial charge is 0.428 e. The van der Waals surface area contributed by atoms with E-state index < -0.39 is 0 Å². The van der Waals surface area contributed by atoms with Gasteiger partial charge < -0.3 is 15.6 Å². The van der Waals surface area contributed by atoms with Gasteiger partial charge in [0.1, 0.15) is 0 Å². The van der Waals surface area contributed by atoms with Crippen LogP contribution in [0.1, 0.15) is 35.6 Å². The van der Waals surface area contributed by atoms with E-state index in [9.17, 15) is 10.0 Å². The van der Waals surface area contributed by atoms with Crippen molar-refractivity contribution in [2.24, 2.45) is 4.99 Å². The Morgan fingerprint density at radius 1 is 1.06 bits per heavy atom. The van der Waals surface area contributed by atoms with E-state index in [1.165, 1.54) is 0 Å². The maximum Gasteiger partial charge on any atom is 0.199 e. The van der Waals surface area contributed by atoms with Gasteiger partial charge in [0.2, 0.25) is 0 Å². The van der Waals surface area contributed by atoms with Gasteiger partial charge in [-0.05, 0) is 67.6 Å². The van der Waals surface area contributed by atoms with E-state index in [4.69, 9.17) is 44.9 Å². The summed E-state index contributed by atoms with van der Waals surface area (Å²) >= 11 is 18.5. The number of rotatable bonds is 7. The van der Waals surface area contributed by atoms with Crippen molar-refractivity contribution < 1.29 is 10.3 Å². The van der Waals surface area contributed by atoms with Crippen LogP contribution in [0.4, 0.5) is 0 Å². The number of hydrogen-bond acceptors (Lipinski definition) is 5. The quantitative estimate of drug-likeness (QED) is 0.319. The number of aliphatic imine (C=N–C) groups is 1. The molecule has 9 heteroatoms. The van der Waals surface area contributed by atoms with Crippen LogP contribution in [-0.2, 0) is 6.42 Å². The Labute approximate surface area is 206 Å². The SMILES string of the molecule is O=c1c2c(n(O)c3ccc(Cl)cc13)CC(c1ccc(Cl)c(Cl)c1)CC2=NCCCNCCO. The summed E-state index contributed by atoms with van der Waals surface area (Å²) in [5, 5.41) is 24.8. The fourth-order valence-electron chi connectivity index (χ4n) is 4.29. The minimum absolute atomic E-state index is 0.0268. The molecule has 3 N–H and O–H groups in total. The van der Waals surface area contributed by atoms with Crippen molar-refractivity contribution in [3.63, 3.8) is 0 Å². The monoisotopic (exact) mass is 507 g/mol. The van der Waals surface area contributed by atoms with Crippen LogP contribution in [-0.4, -0.2) is 47.0 Å². The number of fused-ring (bicyclic) bond motifs is 2. The molecule has 1 aromatic heterocycles. The zero-order valence-corrected chi connectivity index (χ0v) is 20.1. The Bertz CT molecular complexity index is 1270. The first kappa shape index (κ1) is 24.0. The molecule has 0 bridgehead atoms. The lowest BCUT2D eigenvalue weighted by molar-refractivity contribution is 0.186. The number of pyridine rings is 1. The highest BCUT2D eigenvalue weighted by molar-refractivity contribution is 6.42. The number of aliphatic hydroxyl groups is 1. The van der Waals surface area contributed by atoms with Crippen molar-refractivity contribution in [2.45, 2.75) is 25.2 Å². The molecule has 1 heterocycles. The molecule has 0 saturated carbocycles. The number of aromatic nitrogens is 1. The predicted molar refractivity (Wildman–Crippen MR) is 134 cm³/mol. The van der Waals surface area contributed by atoms with Gasteiger partial charge in [-0.1, -0.05) is 40.9 Å². The summed E-state index contributed by atoms with van der Waals surface area (Å²) in [6.07, 6.45) is 1.74. The molecule has 0 aliphatic heterocycles. The normalized spacial score (nSPS) is 17.0. The standard InChI is InChI=1S/C24H24Cl3N3O3/c25-16-3-5-21-17(13-16)24(32)23-20(29-7-1-6-28-8-9-31)11-15(12-22(23)30(21)33)14-2-4-18(26)19(27)10-14/h2-5,10,13,15,28,31,33H,1,6-9,11-12H2. The van der Waals surface area contributed by atoms with Crippen LogP contribution in [0.3, 0.4) is 0 Å². The van der Waals surface area contributed by atoms with E-state index in [-0.39, 0.29) is 18.0 Å². The fraction of sp³-hybridized carbons (Fsp3) is 0.333. The van der Waals surface area contributed by atoms with E-state index in [0.29, 0.717) is 75.4 Å². The Balaban J connectivity index is 1.78. The van der Waals surface area contributed by atoms with Gasteiger partial charge >= 0.3 is 0 Å².